The fourth-order valence-electron chi connectivity index (χ4n) is 3.30. The van der Waals surface area contributed by atoms with E-state index in [1.54, 1.807) is 0 Å². The van der Waals surface area contributed by atoms with E-state index >= 15 is 0 Å². The van der Waals surface area contributed by atoms with Gasteiger partial charge in [0.05, 0.1) is 11.5 Å². The first kappa shape index (κ1) is 14.0. The SMILES string of the molecule is C[C@@H](c1ccccc1)N1CCN2CCS(=O)(=O)C[C@@H]2C1. The molecule has 0 aromatic heterocycles. The third kappa shape index (κ3) is 2.90. The van der Waals surface area contributed by atoms with Crippen LogP contribution in [0.1, 0.15) is 18.5 Å². The van der Waals surface area contributed by atoms with Crippen LogP contribution < -0.4 is 0 Å². The molecule has 2 fully saturated rings. The normalized spacial score (nSPS) is 28.8. The zero-order chi connectivity index (χ0) is 14.2. The van der Waals surface area contributed by atoms with Crippen LogP contribution in [0.3, 0.4) is 0 Å². The first-order valence-electron chi connectivity index (χ1n) is 7.29. The molecule has 0 bridgehead atoms. The van der Waals surface area contributed by atoms with Gasteiger partial charge >= 0.3 is 0 Å². The number of piperazine rings is 1. The molecule has 110 valence electrons. The van der Waals surface area contributed by atoms with E-state index in [4.69, 9.17) is 0 Å². The minimum Gasteiger partial charge on any atom is -0.296 e. The summed E-state index contributed by atoms with van der Waals surface area (Å²) in [6, 6.07) is 11.0. The maximum absolute atomic E-state index is 11.8. The molecule has 0 spiro atoms. The van der Waals surface area contributed by atoms with Gasteiger partial charge in [0.15, 0.2) is 9.84 Å². The van der Waals surface area contributed by atoms with Gasteiger partial charge in [0.1, 0.15) is 0 Å². The van der Waals surface area contributed by atoms with Crippen LogP contribution in [0.2, 0.25) is 0 Å². The molecule has 0 N–H and O–H groups in total. The molecule has 4 nitrogen and oxygen atoms in total. The van der Waals surface area contributed by atoms with Crippen LogP contribution in [0.25, 0.3) is 0 Å². The fraction of sp³-hybridized carbons (Fsp3) is 0.600. The van der Waals surface area contributed by atoms with Crippen molar-refractivity contribution in [2.24, 2.45) is 0 Å². The fourth-order valence-corrected chi connectivity index (χ4v) is 4.88. The lowest BCUT2D eigenvalue weighted by Gasteiger charge is -2.45. The van der Waals surface area contributed by atoms with Crippen molar-refractivity contribution < 1.29 is 8.42 Å². The van der Waals surface area contributed by atoms with Crippen molar-refractivity contribution in [3.05, 3.63) is 35.9 Å². The van der Waals surface area contributed by atoms with E-state index in [9.17, 15) is 8.42 Å². The second-order valence-electron chi connectivity index (χ2n) is 5.89. The Kier molecular flexibility index (Phi) is 3.84. The van der Waals surface area contributed by atoms with Gasteiger partial charge in [0.2, 0.25) is 0 Å². The molecule has 2 aliphatic heterocycles. The van der Waals surface area contributed by atoms with Gasteiger partial charge in [-0.15, -0.1) is 0 Å². The Hall–Kier alpha value is -0.910. The minimum atomic E-state index is -2.84. The Balaban J connectivity index is 1.71. The lowest BCUT2D eigenvalue weighted by atomic mass is 10.0. The summed E-state index contributed by atoms with van der Waals surface area (Å²) in [5.41, 5.74) is 1.31. The molecule has 2 aliphatic rings. The van der Waals surface area contributed by atoms with Gasteiger partial charge < -0.3 is 0 Å². The third-order valence-electron chi connectivity index (χ3n) is 4.60. The number of hydrogen-bond donors (Lipinski definition) is 0. The first-order chi connectivity index (χ1) is 9.55. The number of sulfone groups is 1. The zero-order valence-electron chi connectivity index (χ0n) is 11.9. The highest BCUT2D eigenvalue weighted by molar-refractivity contribution is 7.91. The number of benzene rings is 1. The maximum Gasteiger partial charge on any atom is 0.153 e. The smallest absolute Gasteiger partial charge is 0.153 e. The molecular formula is C15H22N2O2S. The van der Waals surface area contributed by atoms with Gasteiger partial charge in [0, 0.05) is 38.3 Å². The van der Waals surface area contributed by atoms with E-state index < -0.39 is 9.84 Å². The number of nitrogens with zero attached hydrogens (tertiary/aromatic N) is 2. The largest absolute Gasteiger partial charge is 0.296 e. The molecule has 2 heterocycles. The van der Waals surface area contributed by atoms with Crippen LogP contribution in [0.15, 0.2) is 30.3 Å². The summed E-state index contributed by atoms with van der Waals surface area (Å²) < 4.78 is 23.6. The molecule has 0 unspecified atom stereocenters. The third-order valence-corrected chi connectivity index (χ3v) is 6.30. The van der Waals surface area contributed by atoms with Gasteiger partial charge in [-0.3, -0.25) is 9.80 Å². The van der Waals surface area contributed by atoms with Crippen LogP contribution in [0, 0.1) is 0 Å². The van der Waals surface area contributed by atoms with E-state index in [0.717, 1.165) is 19.6 Å². The number of rotatable bonds is 2. The predicted molar refractivity (Wildman–Crippen MR) is 80.4 cm³/mol. The molecule has 0 aliphatic carbocycles. The Labute approximate surface area is 121 Å². The highest BCUT2D eigenvalue weighted by atomic mass is 32.2. The molecule has 1 aromatic carbocycles. The predicted octanol–water partition coefficient (Wildman–Crippen LogP) is 1.16. The van der Waals surface area contributed by atoms with Crippen molar-refractivity contribution >= 4 is 9.84 Å². The van der Waals surface area contributed by atoms with Crippen molar-refractivity contribution in [1.82, 2.24) is 9.80 Å². The van der Waals surface area contributed by atoms with Crippen molar-refractivity contribution in [2.75, 3.05) is 37.7 Å². The zero-order valence-corrected chi connectivity index (χ0v) is 12.7. The summed E-state index contributed by atoms with van der Waals surface area (Å²) in [5, 5.41) is 0. The molecule has 0 radical (unpaired) electrons. The minimum absolute atomic E-state index is 0.175. The highest BCUT2D eigenvalue weighted by Crippen LogP contribution is 2.25. The summed E-state index contributed by atoms with van der Waals surface area (Å²) in [6.45, 7) is 5.78. The van der Waals surface area contributed by atoms with E-state index in [1.807, 2.05) is 6.07 Å². The number of fused-ring (bicyclic) bond motifs is 1. The van der Waals surface area contributed by atoms with Gasteiger partial charge in [-0.25, -0.2) is 8.42 Å². The molecule has 20 heavy (non-hydrogen) atoms. The molecule has 0 amide bonds. The summed E-state index contributed by atoms with van der Waals surface area (Å²) in [4.78, 5) is 4.76. The summed E-state index contributed by atoms with van der Waals surface area (Å²) in [7, 11) is -2.84. The summed E-state index contributed by atoms with van der Waals surface area (Å²) >= 11 is 0. The van der Waals surface area contributed by atoms with Gasteiger partial charge in [-0.1, -0.05) is 30.3 Å². The molecule has 1 aromatic rings. The summed E-state index contributed by atoms with van der Waals surface area (Å²) in [5.74, 6) is 0.656. The quantitative estimate of drug-likeness (QED) is 0.821. The van der Waals surface area contributed by atoms with Crippen molar-refractivity contribution in [2.45, 2.75) is 19.0 Å². The summed E-state index contributed by atoms with van der Waals surface area (Å²) in [6.07, 6.45) is 0. The molecular weight excluding hydrogens is 272 g/mol. The van der Waals surface area contributed by atoms with Crippen LogP contribution in [-0.4, -0.2) is 61.9 Å². The highest BCUT2D eigenvalue weighted by Gasteiger charge is 2.36. The lowest BCUT2D eigenvalue weighted by molar-refractivity contribution is 0.0616. The molecule has 5 heteroatoms. The second-order valence-corrected chi connectivity index (χ2v) is 8.11. The van der Waals surface area contributed by atoms with Crippen LogP contribution >= 0.6 is 0 Å². The van der Waals surface area contributed by atoms with E-state index in [0.29, 0.717) is 24.1 Å². The average Bonchev–Trinajstić information content (AvgIpc) is 2.45. The molecule has 2 atom stereocenters. The van der Waals surface area contributed by atoms with E-state index in [1.165, 1.54) is 5.56 Å². The topological polar surface area (TPSA) is 40.6 Å². The monoisotopic (exact) mass is 294 g/mol. The molecule has 0 saturated carbocycles. The molecule has 3 rings (SSSR count). The Morgan fingerprint density at radius 2 is 1.90 bits per heavy atom. The first-order valence-corrected chi connectivity index (χ1v) is 9.11. The lowest BCUT2D eigenvalue weighted by Crippen LogP contribution is -2.59. The van der Waals surface area contributed by atoms with E-state index in [-0.39, 0.29) is 6.04 Å². The molecule has 2 saturated heterocycles. The van der Waals surface area contributed by atoms with Gasteiger partial charge in [0.25, 0.3) is 0 Å². The Morgan fingerprint density at radius 1 is 1.15 bits per heavy atom. The van der Waals surface area contributed by atoms with Crippen LogP contribution in [0.5, 0.6) is 0 Å². The van der Waals surface area contributed by atoms with Crippen LogP contribution in [0.4, 0.5) is 0 Å². The Morgan fingerprint density at radius 3 is 2.65 bits per heavy atom. The standard InChI is InChI=1S/C15H22N2O2S/c1-13(14-5-3-2-4-6-14)17-8-7-16-9-10-20(18,19)12-15(16)11-17/h2-6,13,15H,7-12H2,1H3/t13-,15-/m0/s1. The van der Waals surface area contributed by atoms with Gasteiger partial charge in [-0.2, -0.15) is 0 Å². The van der Waals surface area contributed by atoms with E-state index in [2.05, 4.69) is 41.0 Å². The second kappa shape index (κ2) is 5.47. The Bertz CT molecular complexity index is 558. The van der Waals surface area contributed by atoms with Crippen molar-refractivity contribution in [3.63, 3.8) is 0 Å². The van der Waals surface area contributed by atoms with Crippen molar-refractivity contribution in [3.8, 4) is 0 Å². The van der Waals surface area contributed by atoms with Gasteiger partial charge in [-0.05, 0) is 12.5 Å². The van der Waals surface area contributed by atoms with Crippen molar-refractivity contribution in [1.29, 1.82) is 0 Å². The average molecular weight is 294 g/mol. The number of hydrogen-bond acceptors (Lipinski definition) is 4. The van der Waals surface area contributed by atoms with Crippen LogP contribution in [-0.2, 0) is 9.84 Å². The maximum atomic E-state index is 11.8.